The van der Waals surface area contributed by atoms with Crippen molar-refractivity contribution in [1.29, 1.82) is 0 Å². The average molecular weight is 233 g/mol. The molecule has 17 heavy (non-hydrogen) atoms. The molecule has 3 rings (SSSR count). The summed E-state index contributed by atoms with van der Waals surface area (Å²) in [6.07, 6.45) is 3.29. The van der Waals surface area contributed by atoms with Gasteiger partial charge in [0.1, 0.15) is 13.2 Å². The van der Waals surface area contributed by atoms with E-state index in [9.17, 15) is 0 Å². The molecule has 0 bridgehead atoms. The van der Waals surface area contributed by atoms with Crippen molar-refractivity contribution >= 4 is 0 Å². The van der Waals surface area contributed by atoms with Crippen LogP contribution in [-0.4, -0.2) is 18.8 Å². The molecular weight excluding hydrogens is 214 g/mol. The van der Waals surface area contributed by atoms with Crippen molar-refractivity contribution < 1.29 is 9.47 Å². The van der Waals surface area contributed by atoms with E-state index in [1.54, 1.807) is 0 Å². The van der Waals surface area contributed by atoms with E-state index in [0.29, 0.717) is 19.1 Å². The van der Waals surface area contributed by atoms with Crippen LogP contribution in [0.1, 0.15) is 37.7 Å². The van der Waals surface area contributed by atoms with Crippen LogP contribution in [0.3, 0.4) is 0 Å². The van der Waals surface area contributed by atoms with Gasteiger partial charge >= 0.3 is 0 Å². The molecule has 92 valence electrons. The van der Waals surface area contributed by atoms with Gasteiger partial charge in [0.15, 0.2) is 11.5 Å². The van der Waals surface area contributed by atoms with Crippen LogP contribution in [-0.2, 0) is 0 Å². The zero-order valence-corrected chi connectivity index (χ0v) is 10.2. The van der Waals surface area contributed by atoms with Gasteiger partial charge in [0, 0.05) is 17.0 Å². The number of para-hydroxylation sites is 1. The van der Waals surface area contributed by atoms with Crippen LogP contribution >= 0.6 is 0 Å². The lowest BCUT2D eigenvalue weighted by molar-refractivity contribution is 0.168. The Balaban J connectivity index is 2.01. The maximum absolute atomic E-state index is 6.37. The van der Waals surface area contributed by atoms with Crippen LogP contribution in [0, 0.1) is 0 Å². The minimum Gasteiger partial charge on any atom is -0.486 e. The van der Waals surface area contributed by atoms with Crippen LogP contribution in [0.15, 0.2) is 18.2 Å². The third-order valence-corrected chi connectivity index (χ3v) is 3.90. The number of hydrogen-bond acceptors (Lipinski definition) is 3. The zero-order valence-electron chi connectivity index (χ0n) is 10.2. The number of benzene rings is 1. The highest BCUT2D eigenvalue weighted by Gasteiger charge is 2.46. The highest BCUT2D eigenvalue weighted by atomic mass is 16.6. The Bertz CT molecular complexity index is 426. The van der Waals surface area contributed by atoms with Crippen molar-refractivity contribution in [2.24, 2.45) is 5.73 Å². The van der Waals surface area contributed by atoms with Crippen molar-refractivity contribution in [1.82, 2.24) is 0 Å². The lowest BCUT2D eigenvalue weighted by Crippen LogP contribution is -2.31. The Labute approximate surface area is 102 Å². The molecule has 0 spiro atoms. The van der Waals surface area contributed by atoms with E-state index >= 15 is 0 Å². The van der Waals surface area contributed by atoms with Crippen LogP contribution in [0.4, 0.5) is 0 Å². The topological polar surface area (TPSA) is 44.5 Å². The minimum absolute atomic E-state index is 0.00925. The molecule has 2 N–H and O–H groups in total. The Hall–Kier alpha value is -1.22. The largest absolute Gasteiger partial charge is 0.486 e. The van der Waals surface area contributed by atoms with E-state index in [-0.39, 0.29) is 5.54 Å². The summed E-state index contributed by atoms with van der Waals surface area (Å²) in [7, 11) is 0. The minimum atomic E-state index is -0.00925. The van der Waals surface area contributed by atoms with Crippen molar-refractivity contribution in [3.8, 4) is 11.5 Å². The van der Waals surface area contributed by atoms with E-state index < -0.39 is 0 Å². The Kier molecular flexibility index (Phi) is 2.51. The first-order valence-corrected chi connectivity index (χ1v) is 6.42. The molecule has 1 atom stereocenters. The molecule has 1 unspecified atom stereocenters. The highest BCUT2D eigenvalue weighted by molar-refractivity contribution is 5.50. The van der Waals surface area contributed by atoms with Crippen LogP contribution < -0.4 is 15.2 Å². The molecular formula is C14H19NO2. The Morgan fingerprint density at radius 3 is 2.76 bits per heavy atom. The summed E-state index contributed by atoms with van der Waals surface area (Å²) in [6, 6.07) is 6.15. The summed E-state index contributed by atoms with van der Waals surface area (Å²) in [4.78, 5) is 0. The maximum atomic E-state index is 6.37. The van der Waals surface area contributed by atoms with Crippen LogP contribution in [0.2, 0.25) is 0 Å². The summed E-state index contributed by atoms with van der Waals surface area (Å²) in [6.45, 7) is 3.47. The number of hydrogen-bond donors (Lipinski definition) is 1. The van der Waals surface area contributed by atoms with Gasteiger partial charge < -0.3 is 15.2 Å². The smallest absolute Gasteiger partial charge is 0.164 e. The molecule has 2 aliphatic rings. The second-order valence-corrected chi connectivity index (χ2v) is 5.07. The second-order valence-electron chi connectivity index (χ2n) is 5.07. The van der Waals surface area contributed by atoms with Gasteiger partial charge in [-0.2, -0.15) is 0 Å². The fourth-order valence-corrected chi connectivity index (χ4v) is 2.80. The molecule has 0 aromatic heterocycles. The fraction of sp³-hybridized carbons (Fsp3) is 0.571. The van der Waals surface area contributed by atoms with Crippen molar-refractivity contribution in [2.45, 2.75) is 37.6 Å². The SMILES string of the molecule is CCC(c1cccc2c1OCCO2)C1(N)CC1. The molecule has 3 nitrogen and oxygen atoms in total. The van der Waals surface area contributed by atoms with Gasteiger partial charge in [-0.3, -0.25) is 0 Å². The normalized spacial score (nSPS) is 22.0. The van der Waals surface area contributed by atoms with E-state index in [1.807, 2.05) is 12.1 Å². The number of rotatable bonds is 3. The average Bonchev–Trinajstić information content (AvgIpc) is 3.09. The summed E-state index contributed by atoms with van der Waals surface area (Å²) < 4.78 is 11.4. The quantitative estimate of drug-likeness (QED) is 0.872. The number of fused-ring (bicyclic) bond motifs is 1. The van der Waals surface area contributed by atoms with Gasteiger partial charge in [-0.15, -0.1) is 0 Å². The molecule has 1 aromatic carbocycles. The van der Waals surface area contributed by atoms with Gasteiger partial charge in [0.25, 0.3) is 0 Å². The first-order chi connectivity index (χ1) is 8.24. The first kappa shape index (κ1) is 10.9. The Morgan fingerprint density at radius 2 is 2.06 bits per heavy atom. The maximum Gasteiger partial charge on any atom is 0.164 e. The highest BCUT2D eigenvalue weighted by Crippen LogP contribution is 2.50. The molecule has 1 aliphatic heterocycles. The lowest BCUT2D eigenvalue weighted by Gasteiger charge is -2.28. The van der Waals surface area contributed by atoms with E-state index in [0.717, 1.165) is 30.8 Å². The number of ether oxygens (including phenoxy) is 2. The van der Waals surface area contributed by atoms with E-state index in [4.69, 9.17) is 15.2 Å². The van der Waals surface area contributed by atoms with Crippen molar-refractivity contribution in [3.63, 3.8) is 0 Å². The monoisotopic (exact) mass is 233 g/mol. The zero-order chi connectivity index (χ0) is 11.9. The fourth-order valence-electron chi connectivity index (χ4n) is 2.80. The first-order valence-electron chi connectivity index (χ1n) is 6.42. The predicted molar refractivity (Wildman–Crippen MR) is 66.6 cm³/mol. The van der Waals surface area contributed by atoms with Crippen LogP contribution in [0.25, 0.3) is 0 Å². The van der Waals surface area contributed by atoms with Gasteiger partial charge in [-0.05, 0) is 25.3 Å². The second kappa shape index (κ2) is 3.91. The third-order valence-electron chi connectivity index (χ3n) is 3.90. The molecule has 1 heterocycles. The summed E-state index contributed by atoms with van der Waals surface area (Å²) >= 11 is 0. The summed E-state index contributed by atoms with van der Waals surface area (Å²) in [5, 5.41) is 0. The molecule has 1 aliphatic carbocycles. The summed E-state index contributed by atoms with van der Waals surface area (Å²) in [5.74, 6) is 2.18. The van der Waals surface area contributed by atoms with Gasteiger partial charge in [0.2, 0.25) is 0 Å². The molecule has 1 saturated carbocycles. The van der Waals surface area contributed by atoms with Crippen molar-refractivity contribution in [2.75, 3.05) is 13.2 Å². The molecule has 1 fully saturated rings. The molecule has 3 heteroatoms. The van der Waals surface area contributed by atoms with Gasteiger partial charge in [0.05, 0.1) is 0 Å². The Morgan fingerprint density at radius 1 is 1.29 bits per heavy atom. The molecule has 0 radical (unpaired) electrons. The number of nitrogens with two attached hydrogens (primary N) is 1. The van der Waals surface area contributed by atoms with Crippen molar-refractivity contribution in [3.05, 3.63) is 23.8 Å². The predicted octanol–water partition coefficient (Wildman–Crippen LogP) is 2.44. The molecule has 0 amide bonds. The van der Waals surface area contributed by atoms with Gasteiger partial charge in [-0.25, -0.2) is 0 Å². The van der Waals surface area contributed by atoms with E-state index in [1.165, 1.54) is 5.56 Å². The third kappa shape index (κ3) is 1.78. The van der Waals surface area contributed by atoms with E-state index in [2.05, 4.69) is 13.0 Å². The lowest BCUT2D eigenvalue weighted by atomic mass is 9.86. The molecule has 1 aromatic rings. The standard InChI is InChI=1S/C14H19NO2/c1-2-11(14(15)6-7-14)10-4-3-5-12-13(10)17-9-8-16-12/h3-5,11H,2,6-9,15H2,1H3. The van der Waals surface area contributed by atoms with Crippen LogP contribution in [0.5, 0.6) is 11.5 Å². The molecule has 0 saturated heterocycles. The summed E-state index contributed by atoms with van der Waals surface area (Å²) in [5.41, 5.74) is 7.59. The van der Waals surface area contributed by atoms with Gasteiger partial charge in [-0.1, -0.05) is 19.1 Å².